The van der Waals surface area contributed by atoms with Gasteiger partial charge in [-0.3, -0.25) is 4.79 Å². The van der Waals surface area contributed by atoms with Gasteiger partial charge in [0.2, 0.25) is 0 Å². The summed E-state index contributed by atoms with van der Waals surface area (Å²) < 4.78 is 0. The maximum atomic E-state index is 12.1. The van der Waals surface area contributed by atoms with Crippen LogP contribution in [0.5, 0.6) is 0 Å². The van der Waals surface area contributed by atoms with Gasteiger partial charge in [0.1, 0.15) is 0 Å². The van der Waals surface area contributed by atoms with E-state index in [1.54, 1.807) is 6.07 Å². The first-order chi connectivity index (χ1) is 8.76. The summed E-state index contributed by atoms with van der Waals surface area (Å²) in [6.45, 7) is 2.40. The van der Waals surface area contributed by atoms with E-state index in [0.717, 1.165) is 17.2 Å². The second-order valence-corrected chi connectivity index (χ2v) is 4.12. The third-order valence-corrected chi connectivity index (χ3v) is 2.81. The first-order valence-electron chi connectivity index (χ1n) is 5.96. The Morgan fingerprint density at radius 3 is 2.61 bits per heavy atom. The normalized spacial score (nSPS) is 10.0. The number of hydrogen-bond acceptors (Lipinski definition) is 2. The quantitative estimate of drug-likeness (QED) is 0.609. The van der Waals surface area contributed by atoms with Crippen LogP contribution in [0.25, 0.3) is 10.8 Å². The van der Waals surface area contributed by atoms with E-state index >= 15 is 0 Å². The van der Waals surface area contributed by atoms with Crippen molar-refractivity contribution in [3.05, 3.63) is 48.0 Å². The Kier molecular flexibility index (Phi) is 3.59. The molecule has 3 heteroatoms. The minimum atomic E-state index is -0.231. The highest BCUT2D eigenvalue weighted by Crippen LogP contribution is 2.16. The van der Waals surface area contributed by atoms with Gasteiger partial charge < -0.3 is 0 Å². The van der Waals surface area contributed by atoms with Gasteiger partial charge in [-0.05, 0) is 29.3 Å². The van der Waals surface area contributed by atoms with Gasteiger partial charge in [-0.25, -0.2) is 4.90 Å². The SMILES string of the molecule is CCCN(C#N)C(=O)c1ccc2ccccc2c1. The van der Waals surface area contributed by atoms with Crippen LogP contribution in [-0.4, -0.2) is 17.4 Å². The van der Waals surface area contributed by atoms with Gasteiger partial charge in [0.05, 0.1) is 0 Å². The molecule has 1 amide bonds. The summed E-state index contributed by atoms with van der Waals surface area (Å²) in [4.78, 5) is 13.3. The summed E-state index contributed by atoms with van der Waals surface area (Å²) >= 11 is 0. The van der Waals surface area contributed by atoms with Crippen LogP contribution in [0.2, 0.25) is 0 Å². The van der Waals surface area contributed by atoms with Crippen molar-refractivity contribution in [2.75, 3.05) is 6.54 Å². The van der Waals surface area contributed by atoms with Crippen LogP contribution in [0.4, 0.5) is 0 Å². The van der Waals surface area contributed by atoms with Gasteiger partial charge in [0.15, 0.2) is 6.19 Å². The Morgan fingerprint density at radius 1 is 1.22 bits per heavy atom. The van der Waals surface area contributed by atoms with E-state index < -0.39 is 0 Å². The molecular formula is C15H14N2O. The summed E-state index contributed by atoms with van der Waals surface area (Å²) in [5, 5.41) is 11.1. The third-order valence-electron chi connectivity index (χ3n) is 2.81. The molecule has 0 saturated carbocycles. The lowest BCUT2D eigenvalue weighted by atomic mass is 10.1. The van der Waals surface area contributed by atoms with Gasteiger partial charge in [-0.2, -0.15) is 5.26 Å². The average molecular weight is 238 g/mol. The summed E-state index contributed by atoms with van der Waals surface area (Å²) in [5.41, 5.74) is 0.559. The number of rotatable bonds is 3. The second kappa shape index (κ2) is 5.33. The fraction of sp³-hybridized carbons (Fsp3) is 0.200. The summed E-state index contributed by atoms with van der Waals surface area (Å²) in [6, 6.07) is 13.4. The number of nitrogens with zero attached hydrogens (tertiary/aromatic N) is 2. The Labute approximate surface area is 106 Å². The largest absolute Gasteiger partial charge is 0.268 e. The van der Waals surface area contributed by atoms with Crippen LogP contribution in [0.3, 0.4) is 0 Å². The highest BCUT2D eigenvalue weighted by Gasteiger charge is 2.14. The van der Waals surface area contributed by atoms with Gasteiger partial charge in [-0.1, -0.05) is 37.3 Å². The van der Waals surface area contributed by atoms with Crippen LogP contribution in [0.1, 0.15) is 23.7 Å². The topological polar surface area (TPSA) is 44.1 Å². The molecule has 0 aliphatic rings. The number of carbonyl (C=O) groups is 1. The number of carbonyl (C=O) groups excluding carboxylic acids is 1. The fourth-order valence-corrected chi connectivity index (χ4v) is 1.90. The molecule has 0 radical (unpaired) electrons. The van der Waals surface area contributed by atoms with Gasteiger partial charge in [0.25, 0.3) is 5.91 Å². The minimum Gasteiger partial charge on any atom is -0.268 e. The molecule has 0 heterocycles. The summed E-state index contributed by atoms with van der Waals surface area (Å²) in [7, 11) is 0. The van der Waals surface area contributed by atoms with E-state index in [9.17, 15) is 4.79 Å². The predicted molar refractivity (Wildman–Crippen MR) is 70.9 cm³/mol. The Morgan fingerprint density at radius 2 is 1.94 bits per heavy atom. The second-order valence-electron chi connectivity index (χ2n) is 4.12. The Balaban J connectivity index is 2.36. The third kappa shape index (κ3) is 2.33. The molecule has 0 atom stereocenters. The summed E-state index contributed by atoms with van der Waals surface area (Å²) in [5.74, 6) is -0.231. The number of hydrogen-bond donors (Lipinski definition) is 0. The summed E-state index contributed by atoms with van der Waals surface area (Å²) in [6.07, 6.45) is 2.70. The number of fused-ring (bicyclic) bond motifs is 1. The highest BCUT2D eigenvalue weighted by atomic mass is 16.2. The molecular weight excluding hydrogens is 224 g/mol. The fourth-order valence-electron chi connectivity index (χ4n) is 1.90. The molecule has 0 aliphatic carbocycles. The van der Waals surface area contributed by atoms with E-state index in [1.807, 2.05) is 49.5 Å². The van der Waals surface area contributed by atoms with E-state index in [2.05, 4.69) is 0 Å². The van der Waals surface area contributed by atoms with Crippen LogP contribution >= 0.6 is 0 Å². The van der Waals surface area contributed by atoms with Crippen molar-refractivity contribution in [3.8, 4) is 6.19 Å². The molecule has 0 N–H and O–H groups in total. The molecule has 90 valence electrons. The Hall–Kier alpha value is -2.34. The maximum Gasteiger partial charge on any atom is 0.266 e. The lowest BCUT2D eigenvalue weighted by Gasteiger charge is -2.12. The van der Waals surface area contributed by atoms with Crippen molar-refractivity contribution in [2.24, 2.45) is 0 Å². The molecule has 0 unspecified atom stereocenters. The molecule has 2 rings (SSSR count). The van der Waals surface area contributed by atoms with E-state index in [1.165, 1.54) is 4.90 Å². The molecule has 0 fully saturated rings. The lowest BCUT2D eigenvalue weighted by molar-refractivity contribution is 0.0832. The number of nitriles is 1. The zero-order valence-corrected chi connectivity index (χ0v) is 10.3. The monoisotopic (exact) mass is 238 g/mol. The molecule has 3 nitrogen and oxygen atoms in total. The predicted octanol–water partition coefficient (Wildman–Crippen LogP) is 3.17. The van der Waals surface area contributed by atoms with Crippen LogP contribution in [0.15, 0.2) is 42.5 Å². The maximum absolute atomic E-state index is 12.1. The molecule has 0 aromatic heterocycles. The van der Waals surface area contributed by atoms with Crippen molar-refractivity contribution in [1.29, 1.82) is 5.26 Å². The minimum absolute atomic E-state index is 0.231. The van der Waals surface area contributed by atoms with E-state index in [0.29, 0.717) is 12.1 Å². The molecule has 18 heavy (non-hydrogen) atoms. The van der Waals surface area contributed by atoms with Gasteiger partial charge >= 0.3 is 0 Å². The van der Waals surface area contributed by atoms with Crippen LogP contribution in [0, 0.1) is 11.5 Å². The van der Waals surface area contributed by atoms with Gasteiger partial charge in [-0.15, -0.1) is 0 Å². The number of benzene rings is 2. The standard InChI is InChI=1S/C15H14N2O/c1-2-9-17(11-16)15(18)14-8-7-12-5-3-4-6-13(12)10-14/h3-8,10H,2,9H2,1H3. The molecule has 0 aliphatic heterocycles. The van der Waals surface area contributed by atoms with Crippen LogP contribution < -0.4 is 0 Å². The zero-order valence-electron chi connectivity index (χ0n) is 10.3. The molecule has 0 spiro atoms. The van der Waals surface area contributed by atoms with Crippen molar-refractivity contribution in [2.45, 2.75) is 13.3 Å². The zero-order chi connectivity index (χ0) is 13.0. The highest BCUT2D eigenvalue weighted by molar-refractivity contribution is 5.99. The first kappa shape index (κ1) is 12.1. The Bertz CT molecular complexity index is 613. The molecule has 2 aromatic carbocycles. The van der Waals surface area contributed by atoms with Crippen LogP contribution in [-0.2, 0) is 0 Å². The molecule has 0 bridgehead atoms. The smallest absolute Gasteiger partial charge is 0.266 e. The van der Waals surface area contributed by atoms with Crippen molar-refractivity contribution >= 4 is 16.7 Å². The van der Waals surface area contributed by atoms with Crippen molar-refractivity contribution in [1.82, 2.24) is 4.90 Å². The van der Waals surface area contributed by atoms with E-state index in [-0.39, 0.29) is 5.91 Å². The average Bonchev–Trinajstić information content (AvgIpc) is 2.43. The molecule has 0 saturated heterocycles. The number of amides is 1. The van der Waals surface area contributed by atoms with Crippen molar-refractivity contribution in [3.63, 3.8) is 0 Å². The van der Waals surface area contributed by atoms with Crippen molar-refractivity contribution < 1.29 is 4.79 Å². The first-order valence-corrected chi connectivity index (χ1v) is 5.96. The molecule has 2 aromatic rings. The van der Waals surface area contributed by atoms with Gasteiger partial charge in [0, 0.05) is 12.1 Å². The van der Waals surface area contributed by atoms with E-state index in [4.69, 9.17) is 5.26 Å². The lowest BCUT2D eigenvalue weighted by Crippen LogP contribution is -2.26.